The van der Waals surface area contributed by atoms with Gasteiger partial charge < -0.3 is 5.32 Å². The molecule has 1 amide bonds. The highest BCUT2D eigenvalue weighted by molar-refractivity contribution is 5.76. The number of carbonyl (C=O) groups is 1. The van der Waals surface area contributed by atoms with E-state index in [0.29, 0.717) is 11.7 Å². The van der Waals surface area contributed by atoms with Gasteiger partial charge in [0.2, 0.25) is 5.91 Å². The number of hydrogen-bond acceptors (Lipinski definition) is 4. The number of nitrogens with zero attached hydrogens (tertiary/aromatic N) is 4. The number of tetrazole rings is 1. The number of nitrogens with one attached hydrogen (secondary N) is 1. The summed E-state index contributed by atoms with van der Waals surface area (Å²) in [6, 6.07) is 8.23. The smallest absolute Gasteiger partial charge is 0.244 e. The molecule has 0 radical (unpaired) electrons. The largest absolute Gasteiger partial charge is 0.348 e. The topological polar surface area (TPSA) is 72.7 Å². The third-order valence-electron chi connectivity index (χ3n) is 3.29. The number of amides is 1. The fourth-order valence-corrected chi connectivity index (χ4v) is 2.08. The Labute approximate surface area is 124 Å². The minimum Gasteiger partial charge on any atom is -0.348 e. The maximum atomic E-state index is 12.0. The molecule has 6 heteroatoms. The Morgan fingerprint density at radius 3 is 2.62 bits per heavy atom. The first-order chi connectivity index (χ1) is 9.95. The fourth-order valence-electron chi connectivity index (χ4n) is 2.08. The predicted molar refractivity (Wildman–Crippen MR) is 79.6 cm³/mol. The maximum absolute atomic E-state index is 12.0. The number of aromatic nitrogens is 4. The van der Waals surface area contributed by atoms with Gasteiger partial charge in [-0.25, -0.2) is 0 Å². The molecule has 6 nitrogen and oxygen atoms in total. The van der Waals surface area contributed by atoms with E-state index in [-0.39, 0.29) is 18.5 Å². The Kier molecular flexibility index (Phi) is 4.67. The number of aryl methyl sites for hydroxylation is 1. The minimum atomic E-state index is -0.130. The van der Waals surface area contributed by atoms with Gasteiger partial charge in [-0.05, 0) is 36.1 Å². The van der Waals surface area contributed by atoms with E-state index in [2.05, 4.69) is 46.7 Å². The van der Waals surface area contributed by atoms with Crippen molar-refractivity contribution in [1.29, 1.82) is 0 Å². The first-order valence-electron chi connectivity index (χ1n) is 7.09. The van der Waals surface area contributed by atoms with Crippen molar-refractivity contribution in [1.82, 2.24) is 25.5 Å². The lowest BCUT2D eigenvalue weighted by molar-refractivity contribution is -0.122. The Balaban J connectivity index is 1.98. The molecule has 1 unspecified atom stereocenters. The third-order valence-corrected chi connectivity index (χ3v) is 3.29. The standard InChI is InChI=1S/C15H21N5O/c1-10(2)13-6-5-7-14(8-13)11(3)16-15(21)9-20-18-12(4)17-19-20/h5-8,10-11H,9H2,1-4H3,(H,16,21). The Bertz CT molecular complexity index is 620. The molecule has 2 aromatic rings. The summed E-state index contributed by atoms with van der Waals surface area (Å²) in [6.07, 6.45) is 0. The van der Waals surface area contributed by atoms with Crippen molar-refractivity contribution in [3.8, 4) is 0 Å². The maximum Gasteiger partial charge on any atom is 0.244 e. The highest BCUT2D eigenvalue weighted by atomic mass is 16.2. The van der Waals surface area contributed by atoms with Crippen LogP contribution in [0, 0.1) is 6.92 Å². The summed E-state index contributed by atoms with van der Waals surface area (Å²) in [5.41, 5.74) is 2.36. The summed E-state index contributed by atoms with van der Waals surface area (Å²) in [5.74, 6) is 0.894. The molecule has 1 atom stereocenters. The van der Waals surface area contributed by atoms with Crippen molar-refractivity contribution >= 4 is 5.91 Å². The average Bonchev–Trinajstić information content (AvgIpc) is 2.83. The number of rotatable bonds is 5. The normalized spacial score (nSPS) is 12.4. The van der Waals surface area contributed by atoms with Gasteiger partial charge in [0.25, 0.3) is 0 Å². The van der Waals surface area contributed by atoms with Crippen molar-refractivity contribution in [2.45, 2.75) is 46.2 Å². The molecule has 1 heterocycles. The molecule has 0 aliphatic carbocycles. The van der Waals surface area contributed by atoms with Crippen LogP contribution in [0.2, 0.25) is 0 Å². The van der Waals surface area contributed by atoms with E-state index in [4.69, 9.17) is 0 Å². The number of benzene rings is 1. The minimum absolute atomic E-state index is 0.0548. The van der Waals surface area contributed by atoms with Crippen LogP contribution in [0.4, 0.5) is 0 Å². The zero-order valence-electron chi connectivity index (χ0n) is 12.9. The van der Waals surface area contributed by atoms with E-state index < -0.39 is 0 Å². The Morgan fingerprint density at radius 1 is 1.29 bits per heavy atom. The molecule has 0 fully saturated rings. The molecule has 0 saturated carbocycles. The lowest BCUT2D eigenvalue weighted by atomic mass is 9.98. The molecule has 1 aromatic carbocycles. The van der Waals surface area contributed by atoms with Gasteiger partial charge in [0.1, 0.15) is 6.54 Å². The van der Waals surface area contributed by atoms with Gasteiger partial charge in [-0.2, -0.15) is 4.80 Å². The molecular weight excluding hydrogens is 266 g/mol. The van der Waals surface area contributed by atoms with Crippen molar-refractivity contribution < 1.29 is 4.79 Å². The first kappa shape index (κ1) is 15.2. The molecule has 1 aromatic heterocycles. The van der Waals surface area contributed by atoms with E-state index in [1.54, 1.807) is 6.92 Å². The molecule has 112 valence electrons. The van der Waals surface area contributed by atoms with Crippen LogP contribution in [-0.4, -0.2) is 26.1 Å². The summed E-state index contributed by atoms with van der Waals surface area (Å²) in [6.45, 7) is 8.09. The molecule has 0 spiro atoms. The van der Waals surface area contributed by atoms with E-state index in [1.807, 2.05) is 19.1 Å². The molecule has 0 bridgehead atoms. The fraction of sp³-hybridized carbons (Fsp3) is 0.467. The second-order valence-electron chi connectivity index (χ2n) is 5.48. The molecule has 2 rings (SSSR count). The lowest BCUT2D eigenvalue weighted by Gasteiger charge is -2.16. The lowest BCUT2D eigenvalue weighted by Crippen LogP contribution is -2.30. The van der Waals surface area contributed by atoms with Crippen LogP contribution in [0.1, 0.15) is 49.7 Å². The van der Waals surface area contributed by atoms with Gasteiger partial charge >= 0.3 is 0 Å². The molecule has 0 aliphatic heterocycles. The van der Waals surface area contributed by atoms with E-state index in [0.717, 1.165) is 5.56 Å². The van der Waals surface area contributed by atoms with Crippen LogP contribution < -0.4 is 5.32 Å². The quantitative estimate of drug-likeness (QED) is 0.912. The summed E-state index contributed by atoms with van der Waals surface area (Å²) in [4.78, 5) is 13.3. The van der Waals surface area contributed by atoms with Crippen LogP contribution in [-0.2, 0) is 11.3 Å². The molecule has 0 saturated heterocycles. The van der Waals surface area contributed by atoms with Gasteiger partial charge in [0.15, 0.2) is 5.82 Å². The van der Waals surface area contributed by atoms with E-state index in [9.17, 15) is 4.79 Å². The Hall–Kier alpha value is -2.24. The summed E-state index contributed by atoms with van der Waals surface area (Å²) in [5, 5.41) is 14.5. The molecular formula is C15H21N5O. The average molecular weight is 287 g/mol. The zero-order chi connectivity index (χ0) is 15.4. The van der Waals surface area contributed by atoms with Gasteiger partial charge in [-0.3, -0.25) is 4.79 Å². The van der Waals surface area contributed by atoms with Crippen LogP contribution in [0.25, 0.3) is 0 Å². The number of carbonyl (C=O) groups excluding carboxylic acids is 1. The van der Waals surface area contributed by atoms with Gasteiger partial charge in [0, 0.05) is 0 Å². The van der Waals surface area contributed by atoms with Crippen LogP contribution in [0.3, 0.4) is 0 Å². The van der Waals surface area contributed by atoms with Crippen LogP contribution in [0.15, 0.2) is 24.3 Å². The second-order valence-corrected chi connectivity index (χ2v) is 5.48. The second kappa shape index (κ2) is 6.47. The van der Waals surface area contributed by atoms with Gasteiger partial charge in [-0.1, -0.05) is 38.1 Å². The zero-order valence-corrected chi connectivity index (χ0v) is 12.9. The van der Waals surface area contributed by atoms with Crippen molar-refractivity contribution in [2.75, 3.05) is 0 Å². The highest BCUT2D eigenvalue weighted by Gasteiger charge is 2.12. The van der Waals surface area contributed by atoms with Gasteiger partial charge in [-0.15, -0.1) is 10.2 Å². The summed E-state index contributed by atoms with van der Waals surface area (Å²) < 4.78 is 0. The first-order valence-corrected chi connectivity index (χ1v) is 7.09. The molecule has 21 heavy (non-hydrogen) atoms. The predicted octanol–water partition coefficient (Wildman–Crippen LogP) is 1.98. The van der Waals surface area contributed by atoms with E-state index in [1.165, 1.54) is 10.4 Å². The summed E-state index contributed by atoms with van der Waals surface area (Å²) in [7, 11) is 0. The Morgan fingerprint density at radius 2 is 2.00 bits per heavy atom. The van der Waals surface area contributed by atoms with E-state index >= 15 is 0 Å². The van der Waals surface area contributed by atoms with Crippen molar-refractivity contribution in [2.24, 2.45) is 0 Å². The molecule has 1 N–H and O–H groups in total. The van der Waals surface area contributed by atoms with Crippen LogP contribution in [0.5, 0.6) is 0 Å². The monoisotopic (exact) mass is 287 g/mol. The molecule has 0 aliphatic rings. The third kappa shape index (κ3) is 4.11. The van der Waals surface area contributed by atoms with Crippen molar-refractivity contribution in [3.05, 3.63) is 41.2 Å². The SMILES string of the molecule is Cc1nnn(CC(=O)NC(C)c2cccc(C(C)C)c2)n1. The van der Waals surface area contributed by atoms with Crippen LogP contribution >= 0.6 is 0 Å². The highest BCUT2D eigenvalue weighted by Crippen LogP contribution is 2.19. The number of hydrogen-bond donors (Lipinski definition) is 1. The van der Waals surface area contributed by atoms with Gasteiger partial charge in [0.05, 0.1) is 6.04 Å². The summed E-state index contributed by atoms with van der Waals surface area (Å²) >= 11 is 0. The van der Waals surface area contributed by atoms with Crippen molar-refractivity contribution in [3.63, 3.8) is 0 Å².